The van der Waals surface area contributed by atoms with Crippen molar-refractivity contribution < 1.29 is 14.3 Å². The van der Waals surface area contributed by atoms with E-state index in [0.29, 0.717) is 47.7 Å². The summed E-state index contributed by atoms with van der Waals surface area (Å²) in [6.07, 6.45) is 0. The molecule has 0 unspecified atom stereocenters. The highest BCUT2D eigenvalue weighted by molar-refractivity contribution is 6.36. The SMILES string of the molecule is O=C(Nc1ccc(Cl)cc1Cl)N1CCN(c2ccc(-c3ccc4c(c3)OCO4)nn2)CC1. The quantitative estimate of drug-likeness (QED) is 0.604. The number of nitrogens with one attached hydrogen (secondary N) is 1. The van der Waals surface area contributed by atoms with Gasteiger partial charge >= 0.3 is 6.03 Å². The molecule has 2 aliphatic rings. The van der Waals surface area contributed by atoms with Crippen LogP contribution < -0.4 is 19.7 Å². The molecule has 0 spiro atoms. The number of hydrogen-bond acceptors (Lipinski definition) is 6. The van der Waals surface area contributed by atoms with Crippen molar-refractivity contribution in [2.45, 2.75) is 0 Å². The van der Waals surface area contributed by atoms with Crippen molar-refractivity contribution in [2.24, 2.45) is 0 Å². The number of piperazine rings is 1. The van der Waals surface area contributed by atoms with Crippen molar-refractivity contribution in [3.8, 4) is 22.8 Å². The number of benzene rings is 2. The van der Waals surface area contributed by atoms with Crippen molar-refractivity contribution in [1.29, 1.82) is 0 Å². The van der Waals surface area contributed by atoms with Gasteiger partial charge in [-0.2, -0.15) is 0 Å². The van der Waals surface area contributed by atoms with Gasteiger partial charge in [0.2, 0.25) is 6.79 Å². The summed E-state index contributed by atoms with van der Waals surface area (Å²) in [7, 11) is 0. The number of halogens is 2. The number of hydrogen-bond donors (Lipinski definition) is 1. The summed E-state index contributed by atoms with van der Waals surface area (Å²) in [5.74, 6) is 2.22. The van der Waals surface area contributed by atoms with Crippen LogP contribution in [0.3, 0.4) is 0 Å². The number of anilines is 2. The Labute approximate surface area is 194 Å². The van der Waals surface area contributed by atoms with Gasteiger partial charge in [-0.1, -0.05) is 23.2 Å². The minimum Gasteiger partial charge on any atom is -0.454 e. The number of urea groups is 1. The molecular weight excluding hydrogens is 453 g/mol. The average Bonchev–Trinajstić information content (AvgIpc) is 3.29. The van der Waals surface area contributed by atoms with Crippen LogP contribution in [0.1, 0.15) is 0 Å². The smallest absolute Gasteiger partial charge is 0.322 e. The van der Waals surface area contributed by atoms with E-state index in [9.17, 15) is 4.79 Å². The van der Waals surface area contributed by atoms with Crippen LogP contribution >= 0.6 is 23.2 Å². The maximum Gasteiger partial charge on any atom is 0.322 e. The Morgan fingerprint density at radius 2 is 1.72 bits per heavy atom. The minimum atomic E-state index is -0.196. The molecule has 32 heavy (non-hydrogen) atoms. The van der Waals surface area contributed by atoms with Crippen molar-refractivity contribution in [2.75, 3.05) is 43.2 Å². The zero-order valence-electron chi connectivity index (χ0n) is 16.9. The number of nitrogens with zero attached hydrogens (tertiary/aromatic N) is 4. The van der Waals surface area contributed by atoms with Crippen LogP contribution in [0.15, 0.2) is 48.5 Å². The fourth-order valence-corrected chi connectivity index (χ4v) is 4.08. The molecule has 1 fully saturated rings. The molecule has 2 aromatic carbocycles. The first-order chi connectivity index (χ1) is 15.6. The van der Waals surface area contributed by atoms with Crippen LogP contribution in [-0.2, 0) is 0 Å². The summed E-state index contributed by atoms with van der Waals surface area (Å²) in [5.41, 5.74) is 2.20. The number of aromatic nitrogens is 2. The third-order valence-corrected chi connectivity index (χ3v) is 5.93. The summed E-state index contributed by atoms with van der Waals surface area (Å²) >= 11 is 12.1. The van der Waals surface area contributed by atoms with Crippen LogP contribution in [0.5, 0.6) is 11.5 Å². The molecule has 0 saturated carbocycles. The second-order valence-electron chi connectivity index (χ2n) is 7.37. The predicted molar refractivity (Wildman–Crippen MR) is 123 cm³/mol. The molecule has 5 rings (SSSR count). The Balaban J connectivity index is 1.19. The second kappa shape index (κ2) is 8.72. The molecule has 1 N–H and O–H groups in total. The number of carbonyl (C=O) groups excluding carboxylic acids is 1. The minimum absolute atomic E-state index is 0.196. The van der Waals surface area contributed by atoms with Crippen LogP contribution in [0.4, 0.5) is 16.3 Å². The molecule has 2 aliphatic heterocycles. The van der Waals surface area contributed by atoms with Gasteiger partial charge in [0, 0.05) is 36.8 Å². The highest BCUT2D eigenvalue weighted by atomic mass is 35.5. The van der Waals surface area contributed by atoms with Gasteiger partial charge in [-0.15, -0.1) is 10.2 Å². The molecular formula is C22H19Cl2N5O3. The van der Waals surface area contributed by atoms with Gasteiger partial charge < -0.3 is 24.6 Å². The molecule has 3 aromatic rings. The standard InChI is InChI=1S/C22H19Cl2N5O3/c23-15-2-3-18(16(24)12-15)25-22(30)29-9-7-28(8-10-29)21-6-4-17(26-27-21)14-1-5-19-20(11-14)32-13-31-19/h1-6,11-12H,7-10,13H2,(H,25,30). The number of carbonyl (C=O) groups is 1. The Bertz CT molecular complexity index is 1150. The number of fused-ring (bicyclic) bond motifs is 1. The van der Waals surface area contributed by atoms with E-state index in [0.717, 1.165) is 22.8 Å². The van der Waals surface area contributed by atoms with E-state index in [4.69, 9.17) is 32.7 Å². The topological polar surface area (TPSA) is 79.8 Å². The van der Waals surface area contributed by atoms with E-state index in [1.165, 1.54) is 0 Å². The molecule has 0 bridgehead atoms. The summed E-state index contributed by atoms with van der Waals surface area (Å²) in [5, 5.41) is 12.5. The van der Waals surface area contributed by atoms with Crippen LogP contribution in [-0.4, -0.2) is 54.1 Å². The molecule has 1 aromatic heterocycles. The highest BCUT2D eigenvalue weighted by Gasteiger charge is 2.23. The summed E-state index contributed by atoms with van der Waals surface area (Å²) < 4.78 is 10.8. The average molecular weight is 472 g/mol. The molecule has 1 saturated heterocycles. The van der Waals surface area contributed by atoms with E-state index in [1.807, 2.05) is 30.3 Å². The zero-order valence-corrected chi connectivity index (χ0v) is 18.4. The second-order valence-corrected chi connectivity index (χ2v) is 8.22. The Kier molecular flexibility index (Phi) is 5.63. The maximum absolute atomic E-state index is 12.6. The lowest BCUT2D eigenvalue weighted by molar-refractivity contribution is 0.174. The molecule has 164 valence electrons. The van der Waals surface area contributed by atoms with Gasteiger partial charge in [-0.3, -0.25) is 0 Å². The number of ether oxygens (including phenoxy) is 2. The first kappa shape index (κ1) is 20.7. The predicted octanol–water partition coefficient (Wildman–Crippen LogP) is 4.53. The number of rotatable bonds is 3. The number of amides is 2. The lowest BCUT2D eigenvalue weighted by Gasteiger charge is -2.35. The molecule has 8 nitrogen and oxygen atoms in total. The monoisotopic (exact) mass is 471 g/mol. The normalized spacial score (nSPS) is 15.1. The van der Waals surface area contributed by atoms with Crippen LogP contribution in [0.25, 0.3) is 11.3 Å². The van der Waals surface area contributed by atoms with E-state index >= 15 is 0 Å². The molecule has 2 amide bonds. The van der Waals surface area contributed by atoms with Gasteiger partial charge in [-0.05, 0) is 48.5 Å². The summed E-state index contributed by atoms with van der Waals surface area (Å²) in [4.78, 5) is 16.4. The molecule has 0 aliphatic carbocycles. The molecule has 0 atom stereocenters. The van der Waals surface area contributed by atoms with E-state index in [1.54, 1.807) is 23.1 Å². The first-order valence-corrected chi connectivity index (χ1v) is 10.8. The highest BCUT2D eigenvalue weighted by Crippen LogP contribution is 2.35. The van der Waals surface area contributed by atoms with Crippen LogP contribution in [0.2, 0.25) is 10.0 Å². The summed E-state index contributed by atoms with van der Waals surface area (Å²) in [6.45, 7) is 2.66. The molecule has 3 heterocycles. The molecule has 10 heteroatoms. The fraction of sp³-hybridized carbons (Fsp3) is 0.227. The van der Waals surface area contributed by atoms with Gasteiger partial charge in [0.25, 0.3) is 0 Å². The van der Waals surface area contributed by atoms with Gasteiger partial charge in [0.05, 0.1) is 16.4 Å². The molecule has 0 radical (unpaired) electrons. The first-order valence-electron chi connectivity index (χ1n) is 10.1. The lowest BCUT2D eigenvalue weighted by Crippen LogP contribution is -2.50. The summed E-state index contributed by atoms with van der Waals surface area (Å²) in [6, 6.07) is 14.4. The fourth-order valence-electron chi connectivity index (χ4n) is 3.63. The van der Waals surface area contributed by atoms with Crippen molar-refractivity contribution in [3.05, 3.63) is 58.6 Å². The third-order valence-electron chi connectivity index (χ3n) is 5.38. The largest absolute Gasteiger partial charge is 0.454 e. The van der Waals surface area contributed by atoms with Crippen molar-refractivity contribution >= 4 is 40.7 Å². The Morgan fingerprint density at radius 1 is 0.906 bits per heavy atom. The van der Waals surface area contributed by atoms with Gasteiger partial charge in [0.15, 0.2) is 17.3 Å². The zero-order chi connectivity index (χ0) is 22.1. The van der Waals surface area contributed by atoms with Crippen LogP contribution in [0, 0.1) is 0 Å². The van der Waals surface area contributed by atoms with Crippen molar-refractivity contribution in [1.82, 2.24) is 15.1 Å². The van der Waals surface area contributed by atoms with E-state index in [-0.39, 0.29) is 12.8 Å². The van der Waals surface area contributed by atoms with Gasteiger partial charge in [0.1, 0.15) is 0 Å². The maximum atomic E-state index is 12.6. The third kappa shape index (κ3) is 4.24. The van der Waals surface area contributed by atoms with E-state index < -0.39 is 0 Å². The van der Waals surface area contributed by atoms with E-state index in [2.05, 4.69) is 20.4 Å². The Hall–Kier alpha value is -3.23. The van der Waals surface area contributed by atoms with Crippen molar-refractivity contribution in [3.63, 3.8) is 0 Å². The Morgan fingerprint density at radius 3 is 2.47 bits per heavy atom. The lowest BCUT2D eigenvalue weighted by atomic mass is 10.1. The van der Waals surface area contributed by atoms with Gasteiger partial charge in [-0.25, -0.2) is 4.79 Å².